The summed E-state index contributed by atoms with van der Waals surface area (Å²) in [6.45, 7) is 10.5. The Morgan fingerprint density at radius 2 is 1.93 bits per heavy atom. The summed E-state index contributed by atoms with van der Waals surface area (Å²) in [6.07, 6.45) is 0.621. The van der Waals surface area contributed by atoms with E-state index in [-0.39, 0.29) is 24.2 Å². The Balaban J connectivity index is 4.29. The van der Waals surface area contributed by atoms with Crippen LogP contribution in [0, 0.1) is 0 Å². The number of aliphatic hydroxyl groups excluding tert-OH is 1. The number of amides is 2. The van der Waals surface area contributed by atoms with Crippen LogP contribution in [0.15, 0.2) is 0 Å². The molecule has 0 spiro atoms. The highest BCUT2D eigenvalue weighted by Crippen LogP contribution is 2.05. The molecule has 0 saturated heterocycles. The van der Waals surface area contributed by atoms with Crippen LogP contribution in [0.25, 0.3) is 0 Å². The van der Waals surface area contributed by atoms with Gasteiger partial charge in [-0.3, -0.25) is 0 Å². The highest BCUT2D eigenvalue weighted by Gasteiger charge is 2.20. The van der Waals surface area contributed by atoms with Crippen molar-refractivity contribution in [2.45, 2.75) is 52.6 Å². The summed E-state index contributed by atoms with van der Waals surface area (Å²) in [7, 11) is 0. The molecule has 0 rings (SSSR count). The van der Waals surface area contributed by atoms with Gasteiger partial charge in [-0.1, -0.05) is 0 Å². The fourth-order valence-electron chi connectivity index (χ4n) is 1.23. The molecule has 0 radical (unpaired) electrons. The van der Waals surface area contributed by atoms with E-state index in [0.29, 0.717) is 13.0 Å². The minimum Gasteiger partial charge on any atom is -0.396 e. The number of nitrogens with zero attached hydrogens (tertiary/aromatic N) is 1. The van der Waals surface area contributed by atoms with Gasteiger partial charge in [0.25, 0.3) is 0 Å². The van der Waals surface area contributed by atoms with E-state index < -0.39 is 0 Å². The third-order valence-electron chi connectivity index (χ3n) is 1.92. The van der Waals surface area contributed by atoms with Crippen LogP contribution in [0.3, 0.4) is 0 Å². The van der Waals surface area contributed by atoms with E-state index in [2.05, 4.69) is 5.32 Å². The van der Waals surface area contributed by atoms with Gasteiger partial charge in [0.15, 0.2) is 0 Å². The monoisotopic (exact) mass is 216 g/mol. The van der Waals surface area contributed by atoms with Crippen LogP contribution in [0.1, 0.15) is 41.0 Å². The second kappa shape index (κ2) is 5.95. The Morgan fingerprint density at radius 3 is 2.27 bits per heavy atom. The van der Waals surface area contributed by atoms with Gasteiger partial charge in [0.2, 0.25) is 0 Å². The van der Waals surface area contributed by atoms with Gasteiger partial charge >= 0.3 is 6.03 Å². The summed E-state index contributed by atoms with van der Waals surface area (Å²) in [5.74, 6) is 0. The topological polar surface area (TPSA) is 52.6 Å². The first-order valence-corrected chi connectivity index (χ1v) is 5.47. The van der Waals surface area contributed by atoms with Gasteiger partial charge < -0.3 is 15.3 Å². The van der Waals surface area contributed by atoms with Crippen molar-refractivity contribution in [3.05, 3.63) is 0 Å². The van der Waals surface area contributed by atoms with Gasteiger partial charge in [-0.25, -0.2) is 4.79 Å². The van der Waals surface area contributed by atoms with Gasteiger partial charge in [0, 0.05) is 24.7 Å². The molecule has 0 atom stereocenters. The standard InChI is InChI=1S/C11H24N2O2/c1-9(2)13(7-6-8-14)10(15)12-11(3,4)5/h9,14H,6-8H2,1-5H3,(H,12,15). The van der Waals surface area contributed by atoms with Crippen LogP contribution in [-0.2, 0) is 0 Å². The summed E-state index contributed by atoms with van der Waals surface area (Å²) >= 11 is 0. The van der Waals surface area contributed by atoms with E-state index in [1.807, 2.05) is 34.6 Å². The molecule has 0 unspecified atom stereocenters. The zero-order valence-electron chi connectivity index (χ0n) is 10.5. The zero-order valence-corrected chi connectivity index (χ0v) is 10.5. The largest absolute Gasteiger partial charge is 0.396 e. The molecule has 0 fully saturated rings. The molecule has 0 heterocycles. The average molecular weight is 216 g/mol. The molecule has 0 aromatic rings. The number of rotatable bonds is 4. The number of nitrogens with one attached hydrogen (secondary N) is 1. The van der Waals surface area contributed by atoms with E-state index in [9.17, 15) is 4.79 Å². The number of aliphatic hydroxyl groups is 1. The molecule has 0 aliphatic heterocycles. The lowest BCUT2D eigenvalue weighted by molar-refractivity contribution is 0.166. The molecule has 0 aliphatic rings. The maximum atomic E-state index is 11.8. The fourth-order valence-corrected chi connectivity index (χ4v) is 1.23. The van der Waals surface area contributed by atoms with Crippen molar-refractivity contribution in [1.82, 2.24) is 10.2 Å². The second-order valence-electron chi connectivity index (χ2n) is 5.04. The molecule has 2 N–H and O–H groups in total. The Morgan fingerprint density at radius 1 is 1.40 bits per heavy atom. The minimum atomic E-state index is -0.219. The Kier molecular flexibility index (Phi) is 5.65. The van der Waals surface area contributed by atoms with Gasteiger partial charge in [0.1, 0.15) is 0 Å². The van der Waals surface area contributed by atoms with Crippen LogP contribution >= 0.6 is 0 Å². The molecule has 4 nitrogen and oxygen atoms in total. The van der Waals surface area contributed by atoms with Gasteiger partial charge in [-0.05, 0) is 41.0 Å². The number of carbonyl (C=O) groups is 1. The van der Waals surface area contributed by atoms with E-state index >= 15 is 0 Å². The lowest BCUT2D eigenvalue weighted by atomic mass is 10.1. The first kappa shape index (κ1) is 14.2. The number of hydrogen-bond donors (Lipinski definition) is 2. The van der Waals surface area contributed by atoms with Gasteiger partial charge in [-0.15, -0.1) is 0 Å². The number of urea groups is 1. The van der Waals surface area contributed by atoms with Crippen molar-refractivity contribution >= 4 is 6.03 Å². The van der Waals surface area contributed by atoms with Crippen molar-refractivity contribution in [1.29, 1.82) is 0 Å². The first-order valence-electron chi connectivity index (χ1n) is 5.47. The molecule has 90 valence electrons. The highest BCUT2D eigenvalue weighted by atomic mass is 16.3. The molecule has 0 aromatic heterocycles. The lowest BCUT2D eigenvalue weighted by Crippen LogP contribution is -2.51. The maximum Gasteiger partial charge on any atom is 0.318 e. The van der Waals surface area contributed by atoms with Crippen LogP contribution in [-0.4, -0.2) is 40.8 Å². The van der Waals surface area contributed by atoms with Crippen LogP contribution in [0.4, 0.5) is 4.79 Å². The van der Waals surface area contributed by atoms with E-state index in [1.165, 1.54) is 0 Å². The average Bonchev–Trinajstić information content (AvgIpc) is 2.00. The molecule has 4 heteroatoms. The molecule has 2 amide bonds. The maximum absolute atomic E-state index is 11.8. The third kappa shape index (κ3) is 6.33. The summed E-state index contributed by atoms with van der Waals surface area (Å²) in [6, 6.07) is 0.0878. The number of carbonyl (C=O) groups excluding carboxylic acids is 1. The summed E-state index contributed by atoms with van der Waals surface area (Å²) in [5, 5.41) is 11.7. The van der Waals surface area contributed by atoms with Crippen molar-refractivity contribution < 1.29 is 9.90 Å². The molecule has 0 aliphatic carbocycles. The molecule has 0 saturated carbocycles. The predicted molar refractivity (Wildman–Crippen MR) is 61.8 cm³/mol. The first-order chi connectivity index (χ1) is 6.78. The quantitative estimate of drug-likeness (QED) is 0.749. The van der Waals surface area contributed by atoms with E-state index in [1.54, 1.807) is 4.90 Å². The highest BCUT2D eigenvalue weighted by molar-refractivity contribution is 5.75. The molecule has 0 aromatic carbocycles. The lowest BCUT2D eigenvalue weighted by Gasteiger charge is -2.31. The second-order valence-corrected chi connectivity index (χ2v) is 5.04. The van der Waals surface area contributed by atoms with Crippen LogP contribution < -0.4 is 5.32 Å². The van der Waals surface area contributed by atoms with Gasteiger partial charge in [-0.2, -0.15) is 0 Å². The summed E-state index contributed by atoms with van der Waals surface area (Å²) in [4.78, 5) is 13.6. The summed E-state index contributed by atoms with van der Waals surface area (Å²) < 4.78 is 0. The Hall–Kier alpha value is -0.770. The third-order valence-corrected chi connectivity index (χ3v) is 1.92. The van der Waals surface area contributed by atoms with Crippen molar-refractivity contribution in [3.8, 4) is 0 Å². The molecular formula is C11H24N2O2. The van der Waals surface area contributed by atoms with Crippen molar-refractivity contribution in [2.75, 3.05) is 13.2 Å². The normalized spacial score (nSPS) is 11.7. The summed E-state index contributed by atoms with van der Waals surface area (Å²) in [5.41, 5.74) is -0.219. The van der Waals surface area contributed by atoms with Crippen molar-refractivity contribution in [3.63, 3.8) is 0 Å². The van der Waals surface area contributed by atoms with Gasteiger partial charge in [0.05, 0.1) is 0 Å². The van der Waals surface area contributed by atoms with E-state index in [0.717, 1.165) is 0 Å². The Labute approximate surface area is 92.7 Å². The molecule has 0 bridgehead atoms. The zero-order chi connectivity index (χ0) is 12.1. The fraction of sp³-hybridized carbons (Fsp3) is 0.909. The van der Waals surface area contributed by atoms with E-state index in [4.69, 9.17) is 5.11 Å². The Bertz CT molecular complexity index is 197. The SMILES string of the molecule is CC(C)N(CCCO)C(=O)NC(C)(C)C. The minimum absolute atomic E-state index is 0.0639. The van der Waals surface area contributed by atoms with Crippen molar-refractivity contribution in [2.24, 2.45) is 0 Å². The molecular weight excluding hydrogens is 192 g/mol. The predicted octanol–water partition coefficient (Wildman–Crippen LogP) is 1.59. The van der Waals surface area contributed by atoms with Crippen LogP contribution in [0.2, 0.25) is 0 Å². The molecule has 15 heavy (non-hydrogen) atoms. The number of hydrogen-bond acceptors (Lipinski definition) is 2. The van der Waals surface area contributed by atoms with Crippen LogP contribution in [0.5, 0.6) is 0 Å². The smallest absolute Gasteiger partial charge is 0.318 e.